The van der Waals surface area contributed by atoms with Crippen molar-refractivity contribution in [1.29, 1.82) is 0 Å². The summed E-state index contributed by atoms with van der Waals surface area (Å²) in [6.07, 6.45) is 4.63. The molecule has 0 aromatic carbocycles. The molecule has 2 bridgehead atoms. The van der Waals surface area contributed by atoms with E-state index in [1.54, 1.807) is 0 Å². The van der Waals surface area contributed by atoms with Gasteiger partial charge in [0, 0.05) is 30.6 Å². The van der Waals surface area contributed by atoms with E-state index in [1.165, 1.54) is 12.8 Å². The molecule has 0 aliphatic carbocycles. The third-order valence-electron chi connectivity index (χ3n) is 4.31. The molecule has 2 fully saturated rings. The van der Waals surface area contributed by atoms with E-state index in [0.717, 1.165) is 25.9 Å². The zero-order chi connectivity index (χ0) is 13.3. The van der Waals surface area contributed by atoms with Gasteiger partial charge >= 0.3 is 0 Å². The average molecular weight is 252 g/mol. The largest absolute Gasteiger partial charge is 0.341 e. The standard InChI is InChI=1S/C15H28N2O/c1-11(2)9-15(3,4)14(18)17-8-7-12-5-6-13(10-17)16-12/h11-13,16H,5-10H2,1-4H3. The number of hydrogen-bond donors (Lipinski definition) is 1. The van der Waals surface area contributed by atoms with Crippen molar-refractivity contribution in [3.8, 4) is 0 Å². The van der Waals surface area contributed by atoms with Crippen LogP contribution in [-0.4, -0.2) is 36.0 Å². The van der Waals surface area contributed by atoms with Gasteiger partial charge in [-0.05, 0) is 31.6 Å². The van der Waals surface area contributed by atoms with Crippen LogP contribution in [0, 0.1) is 11.3 Å². The summed E-state index contributed by atoms with van der Waals surface area (Å²) >= 11 is 0. The zero-order valence-electron chi connectivity index (χ0n) is 12.3. The van der Waals surface area contributed by atoms with Gasteiger partial charge in [0.15, 0.2) is 0 Å². The molecule has 1 N–H and O–H groups in total. The highest BCUT2D eigenvalue weighted by molar-refractivity contribution is 5.82. The quantitative estimate of drug-likeness (QED) is 0.836. The predicted molar refractivity (Wildman–Crippen MR) is 74.4 cm³/mol. The van der Waals surface area contributed by atoms with Crippen LogP contribution in [0.25, 0.3) is 0 Å². The van der Waals surface area contributed by atoms with Crippen LogP contribution < -0.4 is 5.32 Å². The minimum atomic E-state index is -0.211. The van der Waals surface area contributed by atoms with Gasteiger partial charge in [-0.2, -0.15) is 0 Å². The monoisotopic (exact) mass is 252 g/mol. The number of likely N-dealkylation sites (tertiary alicyclic amines) is 1. The lowest BCUT2D eigenvalue weighted by atomic mass is 9.82. The van der Waals surface area contributed by atoms with Crippen molar-refractivity contribution in [3.05, 3.63) is 0 Å². The first-order valence-electron chi connectivity index (χ1n) is 7.44. The summed E-state index contributed by atoms with van der Waals surface area (Å²) in [5.41, 5.74) is -0.211. The van der Waals surface area contributed by atoms with Gasteiger partial charge in [0.1, 0.15) is 0 Å². The van der Waals surface area contributed by atoms with Crippen LogP contribution in [0.15, 0.2) is 0 Å². The van der Waals surface area contributed by atoms with E-state index < -0.39 is 0 Å². The van der Waals surface area contributed by atoms with Gasteiger partial charge in [-0.3, -0.25) is 4.79 Å². The highest BCUT2D eigenvalue weighted by atomic mass is 16.2. The summed E-state index contributed by atoms with van der Waals surface area (Å²) in [5.74, 6) is 0.927. The summed E-state index contributed by atoms with van der Waals surface area (Å²) in [6.45, 7) is 10.4. The molecular formula is C15H28N2O. The first-order chi connectivity index (χ1) is 8.38. The molecule has 1 amide bonds. The third kappa shape index (κ3) is 3.05. The fourth-order valence-electron chi connectivity index (χ4n) is 3.66. The molecule has 3 nitrogen and oxygen atoms in total. The number of hydrogen-bond acceptors (Lipinski definition) is 2. The molecule has 0 spiro atoms. The van der Waals surface area contributed by atoms with Crippen molar-refractivity contribution in [3.63, 3.8) is 0 Å². The summed E-state index contributed by atoms with van der Waals surface area (Å²) in [5, 5.41) is 3.64. The van der Waals surface area contributed by atoms with Crippen molar-refractivity contribution in [2.24, 2.45) is 11.3 Å². The molecule has 0 saturated carbocycles. The average Bonchev–Trinajstić information content (AvgIpc) is 2.55. The van der Waals surface area contributed by atoms with E-state index in [0.29, 0.717) is 23.9 Å². The molecule has 18 heavy (non-hydrogen) atoms. The van der Waals surface area contributed by atoms with Crippen molar-refractivity contribution >= 4 is 5.91 Å². The van der Waals surface area contributed by atoms with Crippen LogP contribution in [-0.2, 0) is 4.79 Å². The van der Waals surface area contributed by atoms with E-state index in [2.05, 4.69) is 37.9 Å². The molecule has 2 heterocycles. The Balaban J connectivity index is 2.00. The van der Waals surface area contributed by atoms with E-state index >= 15 is 0 Å². The Kier molecular flexibility index (Phi) is 4.00. The number of nitrogens with one attached hydrogen (secondary N) is 1. The van der Waals surface area contributed by atoms with Crippen molar-refractivity contribution in [1.82, 2.24) is 10.2 Å². The molecule has 2 aliphatic rings. The number of fused-ring (bicyclic) bond motifs is 2. The lowest BCUT2D eigenvalue weighted by Gasteiger charge is -2.34. The molecule has 2 atom stereocenters. The first kappa shape index (κ1) is 13.9. The third-order valence-corrected chi connectivity index (χ3v) is 4.31. The van der Waals surface area contributed by atoms with Crippen LogP contribution >= 0.6 is 0 Å². The van der Waals surface area contributed by atoms with E-state index in [9.17, 15) is 4.79 Å². The zero-order valence-corrected chi connectivity index (χ0v) is 12.3. The van der Waals surface area contributed by atoms with Gasteiger partial charge in [-0.1, -0.05) is 27.7 Å². The van der Waals surface area contributed by atoms with Gasteiger partial charge < -0.3 is 10.2 Å². The van der Waals surface area contributed by atoms with Crippen molar-refractivity contribution < 1.29 is 4.79 Å². The lowest BCUT2D eigenvalue weighted by molar-refractivity contribution is -0.141. The van der Waals surface area contributed by atoms with Gasteiger partial charge in [-0.25, -0.2) is 0 Å². The number of carbonyl (C=O) groups is 1. The molecule has 3 heteroatoms. The van der Waals surface area contributed by atoms with Crippen molar-refractivity contribution in [2.75, 3.05) is 13.1 Å². The summed E-state index contributed by atoms with van der Waals surface area (Å²) in [6, 6.07) is 1.19. The van der Waals surface area contributed by atoms with Gasteiger partial charge in [0.25, 0.3) is 0 Å². The Morgan fingerprint density at radius 2 is 1.94 bits per heavy atom. The van der Waals surface area contributed by atoms with Gasteiger partial charge in [0.05, 0.1) is 0 Å². The smallest absolute Gasteiger partial charge is 0.228 e. The summed E-state index contributed by atoms with van der Waals surface area (Å²) < 4.78 is 0. The fourth-order valence-corrected chi connectivity index (χ4v) is 3.66. The van der Waals surface area contributed by atoms with Crippen LogP contribution in [0.5, 0.6) is 0 Å². The Hall–Kier alpha value is -0.570. The molecule has 2 aliphatic heterocycles. The molecule has 2 rings (SSSR count). The molecule has 2 saturated heterocycles. The second-order valence-corrected chi connectivity index (χ2v) is 7.16. The van der Waals surface area contributed by atoms with E-state index in [4.69, 9.17) is 0 Å². The second-order valence-electron chi connectivity index (χ2n) is 7.16. The Labute approximate surface area is 111 Å². The van der Waals surface area contributed by atoms with E-state index in [-0.39, 0.29) is 5.41 Å². The maximum atomic E-state index is 12.7. The van der Waals surface area contributed by atoms with Crippen LogP contribution in [0.2, 0.25) is 0 Å². The lowest BCUT2D eigenvalue weighted by Crippen LogP contribution is -2.45. The highest BCUT2D eigenvalue weighted by Gasteiger charge is 2.37. The number of nitrogens with zero attached hydrogens (tertiary/aromatic N) is 1. The SMILES string of the molecule is CC(C)CC(C)(C)C(=O)N1CCC2CCC(C1)N2. The minimum Gasteiger partial charge on any atom is -0.341 e. The van der Waals surface area contributed by atoms with Crippen LogP contribution in [0.4, 0.5) is 0 Å². The maximum Gasteiger partial charge on any atom is 0.228 e. The van der Waals surface area contributed by atoms with Crippen LogP contribution in [0.1, 0.15) is 53.4 Å². The van der Waals surface area contributed by atoms with Crippen LogP contribution in [0.3, 0.4) is 0 Å². The molecule has 0 aromatic heterocycles. The second kappa shape index (κ2) is 5.20. The minimum absolute atomic E-state index is 0.211. The normalized spacial score (nSPS) is 28.6. The maximum absolute atomic E-state index is 12.7. The molecule has 0 radical (unpaired) electrons. The van der Waals surface area contributed by atoms with Gasteiger partial charge in [-0.15, -0.1) is 0 Å². The van der Waals surface area contributed by atoms with E-state index in [1.807, 2.05) is 0 Å². The number of amides is 1. The highest BCUT2D eigenvalue weighted by Crippen LogP contribution is 2.30. The number of carbonyl (C=O) groups excluding carboxylic acids is 1. The fraction of sp³-hybridized carbons (Fsp3) is 0.933. The summed E-state index contributed by atoms with van der Waals surface area (Å²) in [7, 11) is 0. The Bertz CT molecular complexity index is 312. The first-order valence-corrected chi connectivity index (χ1v) is 7.44. The summed E-state index contributed by atoms with van der Waals surface area (Å²) in [4.78, 5) is 14.8. The molecular weight excluding hydrogens is 224 g/mol. The molecule has 104 valence electrons. The van der Waals surface area contributed by atoms with Gasteiger partial charge in [0.2, 0.25) is 5.91 Å². The Morgan fingerprint density at radius 1 is 1.28 bits per heavy atom. The van der Waals surface area contributed by atoms with Crippen molar-refractivity contribution in [2.45, 2.75) is 65.5 Å². The topological polar surface area (TPSA) is 32.3 Å². The molecule has 2 unspecified atom stereocenters. The number of rotatable bonds is 3. The predicted octanol–water partition coefficient (Wildman–Crippen LogP) is 2.41. The Morgan fingerprint density at radius 3 is 2.61 bits per heavy atom. The molecule has 0 aromatic rings.